The minimum Gasteiger partial charge on any atom is -0.301 e. The van der Waals surface area contributed by atoms with Crippen molar-refractivity contribution in [2.45, 2.75) is 6.18 Å². The number of carbonyl (C=O) groups excluding carboxylic acids is 1. The Kier molecular flexibility index (Phi) is 3.61. The zero-order chi connectivity index (χ0) is 8.91. The number of carbonyl (C=O) groups is 1. The summed E-state index contributed by atoms with van der Waals surface area (Å²) >= 11 is 0. The van der Waals surface area contributed by atoms with Gasteiger partial charge in [0, 0.05) is 0 Å². The summed E-state index contributed by atoms with van der Waals surface area (Å²) < 4.78 is 34.2. The maximum absolute atomic E-state index is 11.4. The highest BCUT2D eigenvalue weighted by Gasteiger charge is 2.26. The maximum atomic E-state index is 11.4. The Morgan fingerprint density at radius 1 is 1.55 bits per heavy atom. The predicted octanol–water partition coefficient (Wildman–Crippen LogP) is 0.341. The molecule has 0 saturated carbocycles. The number of hydrogen-bond acceptors (Lipinski definition) is 2. The van der Waals surface area contributed by atoms with E-state index >= 15 is 0 Å². The van der Waals surface area contributed by atoms with E-state index < -0.39 is 25.0 Å². The number of alkyl halides is 3. The van der Waals surface area contributed by atoms with Gasteiger partial charge in [-0.15, -0.1) is 6.42 Å². The van der Waals surface area contributed by atoms with Crippen molar-refractivity contribution in [2.24, 2.45) is 0 Å². The first-order valence-corrected chi connectivity index (χ1v) is 2.72. The third-order valence-electron chi connectivity index (χ3n) is 0.772. The van der Waals surface area contributed by atoms with Gasteiger partial charge >= 0.3 is 6.18 Å². The largest absolute Gasteiger partial charge is 0.401 e. The van der Waals surface area contributed by atoms with Crippen molar-refractivity contribution in [2.75, 3.05) is 13.1 Å². The first-order chi connectivity index (χ1) is 4.95. The van der Waals surface area contributed by atoms with Gasteiger partial charge < -0.3 is 5.32 Å². The third kappa shape index (κ3) is 6.87. The van der Waals surface area contributed by atoms with Crippen molar-refractivity contribution < 1.29 is 18.0 Å². The number of halogens is 3. The van der Waals surface area contributed by atoms with E-state index in [9.17, 15) is 18.0 Å². The molecule has 0 heterocycles. The molecule has 0 atom stereocenters. The summed E-state index contributed by atoms with van der Waals surface area (Å²) in [5, 5.41) is 1.86. The lowest BCUT2D eigenvalue weighted by Gasteiger charge is -2.05. The van der Waals surface area contributed by atoms with Crippen LogP contribution in [0.1, 0.15) is 0 Å². The third-order valence-corrected chi connectivity index (χ3v) is 0.772. The van der Waals surface area contributed by atoms with Crippen LogP contribution < -0.4 is 5.32 Å². The van der Waals surface area contributed by atoms with Gasteiger partial charge in [0.1, 0.15) is 0 Å². The highest BCUT2D eigenvalue weighted by molar-refractivity contribution is 5.96. The van der Waals surface area contributed by atoms with Crippen molar-refractivity contribution in [3.05, 3.63) is 0 Å². The molecule has 0 aromatic heterocycles. The summed E-state index contributed by atoms with van der Waals surface area (Å²) in [4.78, 5) is 10.2. The normalized spacial score (nSPS) is 10.7. The molecule has 0 radical (unpaired) electrons. The molecule has 0 aliphatic carbocycles. The summed E-state index contributed by atoms with van der Waals surface area (Å²) in [6.07, 6.45) is 0.304. The SMILES string of the molecule is C#CC(=O)CNCC(F)(F)F. The quantitative estimate of drug-likeness (QED) is 0.482. The minimum atomic E-state index is -4.30. The molecule has 1 N–H and O–H groups in total. The van der Waals surface area contributed by atoms with E-state index in [0.717, 1.165) is 0 Å². The summed E-state index contributed by atoms with van der Waals surface area (Å²) in [5.41, 5.74) is 0. The lowest BCUT2D eigenvalue weighted by atomic mass is 10.4. The van der Waals surface area contributed by atoms with Gasteiger partial charge in [0.2, 0.25) is 5.78 Å². The zero-order valence-electron chi connectivity index (χ0n) is 5.53. The van der Waals surface area contributed by atoms with Crippen molar-refractivity contribution in [1.82, 2.24) is 5.32 Å². The Labute approximate surface area is 61.8 Å². The minimum absolute atomic E-state index is 0.435. The van der Waals surface area contributed by atoms with Gasteiger partial charge in [-0.3, -0.25) is 4.79 Å². The molecule has 62 valence electrons. The van der Waals surface area contributed by atoms with Gasteiger partial charge in [0.15, 0.2) is 0 Å². The molecule has 0 bridgehead atoms. The Bertz CT molecular complexity index is 179. The fourth-order valence-electron chi connectivity index (χ4n) is 0.369. The molecule has 0 aromatic carbocycles. The molecule has 0 aromatic rings. The number of hydrogen-bond donors (Lipinski definition) is 1. The van der Waals surface area contributed by atoms with Crippen LogP contribution in [0.5, 0.6) is 0 Å². The predicted molar refractivity (Wildman–Crippen MR) is 32.8 cm³/mol. The second kappa shape index (κ2) is 3.98. The van der Waals surface area contributed by atoms with E-state index in [1.165, 1.54) is 0 Å². The highest BCUT2D eigenvalue weighted by atomic mass is 19.4. The summed E-state index contributed by atoms with van der Waals surface area (Å²) in [6.45, 7) is -1.63. The van der Waals surface area contributed by atoms with E-state index in [0.29, 0.717) is 0 Å². The van der Waals surface area contributed by atoms with Gasteiger partial charge in [-0.2, -0.15) is 13.2 Å². The maximum Gasteiger partial charge on any atom is 0.401 e. The van der Waals surface area contributed by atoms with Crippen molar-refractivity contribution in [3.63, 3.8) is 0 Å². The fourth-order valence-corrected chi connectivity index (χ4v) is 0.369. The number of rotatable bonds is 3. The molecule has 0 unspecified atom stereocenters. The van der Waals surface area contributed by atoms with E-state index in [-0.39, 0.29) is 0 Å². The Morgan fingerprint density at radius 3 is 2.45 bits per heavy atom. The molecule has 11 heavy (non-hydrogen) atoms. The molecular formula is C6H6F3NO. The molecule has 0 aliphatic heterocycles. The molecule has 2 nitrogen and oxygen atoms in total. The molecular weight excluding hydrogens is 159 g/mol. The molecule has 0 saturated heterocycles. The molecule has 5 heteroatoms. The van der Waals surface area contributed by atoms with E-state index in [1.807, 2.05) is 5.32 Å². The van der Waals surface area contributed by atoms with Gasteiger partial charge in [-0.1, -0.05) is 0 Å². The van der Waals surface area contributed by atoms with Crippen LogP contribution in [0, 0.1) is 12.3 Å². The summed E-state index contributed by atoms with van der Waals surface area (Å²) in [6, 6.07) is 0. The van der Waals surface area contributed by atoms with Crippen LogP contribution in [-0.2, 0) is 4.79 Å². The second-order valence-electron chi connectivity index (χ2n) is 1.79. The molecule has 0 amide bonds. The van der Waals surface area contributed by atoms with Gasteiger partial charge in [0.25, 0.3) is 0 Å². The first-order valence-electron chi connectivity index (χ1n) is 2.72. The Hall–Kier alpha value is -1.02. The van der Waals surface area contributed by atoms with Crippen LogP contribution in [0.25, 0.3) is 0 Å². The number of terminal acetylenes is 1. The molecule has 0 rings (SSSR count). The first kappa shape index (κ1) is 9.98. The number of nitrogens with one attached hydrogen (secondary N) is 1. The zero-order valence-corrected chi connectivity index (χ0v) is 5.53. The Morgan fingerprint density at radius 2 is 2.09 bits per heavy atom. The number of ketones is 1. The van der Waals surface area contributed by atoms with Crippen molar-refractivity contribution in [3.8, 4) is 12.3 Å². The average molecular weight is 165 g/mol. The molecule has 0 aliphatic rings. The second-order valence-corrected chi connectivity index (χ2v) is 1.79. The fraction of sp³-hybridized carbons (Fsp3) is 0.500. The van der Waals surface area contributed by atoms with Gasteiger partial charge in [0.05, 0.1) is 13.1 Å². The number of Topliss-reactive ketones (excluding diaryl/α,β-unsaturated/α-hetero) is 1. The van der Waals surface area contributed by atoms with Crippen molar-refractivity contribution >= 4 is 5.78 Å². The summed E-state index contributed by atoms with van der Waals surface area (Å²) in [7, 11) is 0. The van der Waals surface area contributed by atoms with Crippen LogP contribution in [0.4, 0.5) is 13.2 Å². The average Bonchev–Trinajstić information content (AvgIpc) is 1.85. The Balaban J connectivity index is 3.45. The molecule has 0 spiro atoms. The van der Waals surface area contributed by atoms with Gasteiger partial charge in [-0.05, 0) is 5.92 Å². The smallest absolute Gasteiger partial charge is 0.301 e. The van der Waals surface area contributed by atoms with E-state index in [2.05, 4.69) is 6.42 Å². The monoisotopic (exact) mass is 165 g/mol. The van der Waals surface area contributed by atoms with Crippen LogP contribution in [0.15, 0.2) is 0 Å². The lowest BCUT2D eigenvalue weighted by molar-refractivity contribution is -0.126. The lowest BCUT2D eigenvalue weighted by Crippen LogP contribution is -2.32. The van der Waals surface area contributed by atoms with Crippen LogP contribution in [-0.4, -0.2) is 25.0 Å². The van der Waals surface area contributed by atoms with Crippen LogP contribution in [0.2, 0.25) is 0 Å². The van der Waals surface area contributed by atoms with E-state index in [1.54, 1.807) is 5.92 Å². The highest BCUT2D eigenvalue weighted by Crippen LogP contribution is 2.11. The standard InChI is InChI=1S/C6H6F3NO/c1-2-5(11)3-10-4-6(7,8)9/h1,10H,3-4H2. The summed E-state index contributed by atoms with van der Waals surface area (Å²) in [5.74, 6) is 0.997. The molecule has 0 fully saturated rings. The van der Waals surface area contributed by atoms with Crippen LogP contribution >= 0.6 is 0 Å². The van der Waals surface area contributed by atoms with Crippen LogP contribution in [0.3, 0.4) is 0 Å². The van der Waals surface area contributed by atoms with Crippen molar-refractivity contribution in [1.29, 1.82) is 0 Å². The topological polar surface area (TPSA) is 29.1 Å². The van der Waals surface area contributed by atoms with E-state index in [4.69, 9.17) is 0 Å². The van der Waals surface area contributed by atoms with Gasteiger partial charge in [-0.25, -0.2) is 0 Å².